The van der Waals surface area contributed by atoms with E-state index in [1.165, 1.54) is 11.8 Å². The summed E-state index contributed by atoms with van der Waals surface area (Å²) in [6, 6.07) is -1.29. The van der Waals surface area contributed by atoms with Crippen LogP contribution in [0.25, 0.3) is 0 Å². The molecule has 2 N–H and O–H groups in total. The van der Waals surface area contributed by atoms with Gasteiger partial charge in [-0.05, 0) is 46.3 Å². The van der Waals surface area contributed by atoms with Crippen molar-refractivity contribution in [1.29, 1.82) is 0 Å². The number of alkyl carbamates (subject to hydrolysis) is 1. The van der Waals surface area contributed by atoms with Crippen LogP contribution in [0.1, 0.15) is 34.6 Å². The smallest absolute Gasteiger partial charge is 0.408 e. The number of carboxylic acid groups (broad SMARTS) is 1. The lowest BCUT2D eigenvalue weighted by molar-refractivity contribution is -0.146. The lowest BCUT2D eigenvalue weighted by Gasteiger charge is -2.22. The van der Waals surface area contributed by atoms with Gasteiger partial charge in [0.25, 0.3) is 0 Å². The van der Waals surface area contributed by atoms with E-state index in [9.17, 15) is 24.3 Å². The summed E-state index contributed by atoms with van der Waals surface area (Å²) in [5, 5.41) is 11.9. The summed E-state index contributed by atoms with van der Waals surface area (Å²) < 4.78 is 15.0. The van der Waals surface area contributed by atoms with E-state index in [0.29, 0.717) is 5.75 Å². The van der Waals surface area contributed by atoms with Gasteiger partial charge >= 0.3 is 24.0 Å². The van der Waals surface area contributed by atoms with E-state index in [-0.39, 0.29) is 30.9 Å². The van der Waals surface area contributed by atoms with Crippen LogP contribution in [0.3, 0.4) is 0 Å². The standard InChI is InChI=1S/C18H29NO8S/c1-6-25-11(20)9-28-8-10-12(13(10)16(23)26-7-2)14(15(21)22)19-17(24)27-18(3,4)5/h10,12-14H,6-9H2,1-5H3,(H,19,24)(H,21,22). The fourth-order valence-corrected chi connectivity index (χ4v) is 3.95. The second-order valence-corrected chi connectivity index (χ2v) is 8.33. The van der Waals surface area contributed by atoms with Gasteiger partial charge in [0.15, 0.2) is 0 Å². The first kappa shape index (κ1) is 24.1. The highest BCUT2D eigenvalue weighted by molar-refractivity contribution is 7.99. The van der Waals surface area contributed by atoms with Crippen LogP contribution < -0.4 is 5.32 Å². The summed E-state index contributed by atoms with van der Waals surface area (Å²) in [4.78, 5) is 47.4. The molecule has 160 valence electrons. The zero-order valence-corrected chi connectivity index (χ0v) is 17.7. The van der Waals surface area contributed by atoms with Gasteiger partial charge in [-0.15, -0.1) is 11.8 Å². The average Bonchev–Trinajstić information content (AvgIpc) is 3.25. The predicted molar refractivity (Wildman–Crippen MR) is 102 cm³/mol. The van der Waals surface area contributed by atoms with Crippen molar-refractivity contribution in [2.75, 3.05) is 24.7 Å². The lowest BCUT2D eigenvalue weighted by Crippen LogP contribution is -2.45. The van der Waals surface area contributed by atoms with Crippen molar-refractivity contribution >= 4 is 35.8 Å². The molecule has 0 spiro atoms. The van der Waals surface area contributed by atoms with Crippen molar-refractivity contribution < 1.29 is 38.5 Å². The summed E-state index contributed by atoms with van der Waals surface area (Å²) in [6.07, 6.45) is -0.868. The minimum Gasteiger partial charge on any atom is -0.480 e. The highest BCUT2D eigenvalue weighted by Gasteiger charge is 2.61. The molecule has 1 rings (SSSR count). The molecule has 4 atom stereocenters. The Morgan fingerprint density at radius 1 is 1.11 bits per heavy atom. The van der Waals surface area contributed by atoms with Crippen molar-refractivity contribution in [3.05, 3.63) is 0 Å². The Morgan fingerprint density at radius 2 is 1.71 bits per heavy atom. The Bertz CT molecular complexity index is 589. The van der Waals surface area contributed by atoms with Gasteiger partial charge < -0.3 is 24.6 Å². The number of nitrogens with one attached hydrogen (secondary N) is 1. The normalized spacial score (nSPS) is 22.0. The summed E-state index contributed by atoms with van der Waals surface area (Å²) >= 11 is 1.25. The van der Waals surface area contributed by atoms with E-state index in [4.69, 9.17) is 14.2 Å². The number of carbonyl (C=O) groups is 4. The second-order valence-electron chi connectivity index (χ2n) is 7.30. The zero-order valence-electron chi connectivity index (χ0n) is 16.9. The van der Waals surface area contributed by atoms with Crippen LogP contribution in [0.4, 0.5) is 4.79 Å². The number of aliphatic carboxylic acids is 1. The lowest BCUT2D eigenvalue weighted by atomic mass is 10.1. The molecule has 4 unspecified atom stereocenters. The predicted octanol–water partition coefficient (Wildman–Crippen LogP) is 1.69. The monoisotopic (exact) mass is 419 g/mol. The molecular weight excluding hydrogens is 390 g/mol. The molecule has 28 heavy (non-hydrogen) atoms. The Balaban J connectivity index is 2.80. The first-order valence-electron chi connectivity index (χ1n) is 9.14. The van der Waals surface area contributed by atoms with Crippen LogP contribution in [0, 0.1) is 17.8 Å². The second kappa shape index (κ2) is 10.5. The minimum atomic E-state index is -1.29. The van der Waals surface area contributed by atoms with Crippen molar-refractivity contribution in [2.24, 2.45) is 17.8 Å². The quantitative estimate of drug-likeness (QED) is 0.401. The van der Waals surface area contributed by atoms with Crippen molar-refractivity contribution in [3.63, 3.8) is 0 Å². The third-order valence-corrected chi connectivity index (χ3v) is 5.01. The van der Waals surface area contributed by atoms with Gasteiger partial charge in [-0.1, -0.05) is 0 Å². The zero-order chi connectivity index (χ0) is 21.5. The number of carbonyl (C=O) groups excluding carboxylic acids is 3. The molecule has 1 saturated carbocycles. The van der Waals surface area contributed by atoms with E-state index in [1.54, 1.807) is 34.6 Å². The summed E-state index contributed by atoms with van der Waals surface area (Å²) in [7, 11) is 0. The minimum absolute atomic E-state index is 0.101. The topological polar surface area (TPSA) is 128 Å². The number of esters is 2. The summed E-state index contributed by atoms with van der Waals surface area (Å²) in [6.45, 7) is 8.80. The molecule has 0 saturated heterocycles. The molecule has 0 aromatic rings. The van der Waals surface area contributed by atoms with Gasteiger partial charge in [0.1, 0.15) is 11.6 Å². The van der Waals surface area contributed by atoms with Gasteiger partial charge in [0, 0.05) is 5.92 Å². The van der Waals surface area contributed by atoms with Crippen LogP contribution in [0.5, 0.6) is 0 Å². The maximum Gasteiger partial charge on any atom is 0.408 e. The number of thioether (sulfide) groups is 1. The van der Waals surface area contributed by atoms with Crippen molar-refractivity contribution in [1.82, 2.24) is 5.32 Å². The molecule has 0 bridgehead atoms. The maximum atomic E-state index is 12.2. The Hall–Kier alpha value is -1.97. The fourth-order valence-electron chi connectivity index (χ4n) is 2.88. The average molecular weight is 419 g/mol. The van der Waals surface area contributed by atoms with Crippen LogP contribution >= 0.6 is 11.8 Å². The highest BCUT2D eigenvalue weighted by Crippen LogP contribution is 2.51. The molecule has 9 nitrogen and oxygen atoms in total. The SMILES string of the molecule is CCOC(=O)CSCC1C(C(=O)OCC)C1C(NC(=O)OC(C)(C)C)C(=O)O. The molecule has 0 aromatic heterocycles. The Kier molecular flexibility index (Phi) is 9.06. The van der Waals surface area contributed by atoms with E-state index in [1.807, 2.05) is 0 Å². The summed E-state index contributed by atoms with van der Waals surface area (Å²) in [5.74, 6) is -3.32. The van der Waals surface area contributed by atoms with Gasteiger partial charge in [-0.3, -0.25) is 9.59 Å². The molecule has 1 fully saturated rings. The molecule has 0 aromatic carbocycles. The van der Waals surface area contributed by atoms with E-state index in [0.717, 1.165) is 0 Å². The number of carboxylic acids is 1. The number of hydrogen-bond acceptors (Lipinski definition) is 8. The third-order valence-electron chi connectivity index (χ3n) is 3.95. The summed E-state index contributed by atoms with van der Waals surface area (Å²) in [5.41, 5.74) is -0.786. The Morgan fingerprint density at radius 3 is 2.21 bits per heavy atom. The van der Waals surface area contributed by atoms with Crippen LogP contribution in [-0.4, -0.2) is 65.5 Å². The number of hydrogen-bond donors (Lipinski definition) is 2. The van der Waals surface area contributed by atoms with Gasteiger partial charge in [-0.25, -0.2) is 9.59 Å². The van der Waals surface area contributed by atoms with Crippen LogP contribution in [-0.2, 0) is 28.6 Å². The van der Waals surface area contributed by atoms with E-state index in [2.05, 4.69) is 5.32 Å². The largest absolute Gasteiger partial charge is 0.480 e. The molecular formula is C18H29NO8S. The number of ether oxygens (including phenoxy) is 3. The molecule has 0 heterocycles. The van der Waals surface area contributed by atoms with Crippen LogP contribution in [0.15, 0.2) is 0 Å². The fraction of sp³-hybridized carbons (Fsp3) is 0.778. The Labute approximate surface area is 168 Å². The first-order valence-corrected chi connectivity index (χ1v) is 10.3. The molecule has 1 amide bonds. The molecule has 10 heteroatoms. The molecule has 0 radical (unpaired) electrons. The van der Waals surface area contributed by atoms with Crippen molar-refractivity contribution in [3.8, 4) is 0 Å². The third kappa shape index (κ3) is 7.57. The van der Waals surface area contributed by atoms with E-state index < -0.39 is 41.5 Å². The van der Waals surface area contributed by atoms with E-state index >= 15 is 0 Å². The molecule has 0 aliphatic heterocycles. The van der Waals surface area contributed by atoms with Gasteiger partial charge in [0.2, 0.25) is 0 Å². The highest BCUT2D eigenvalue weighted by atomic mass is 32.2. The van der Waals surface area contributed by atoms with Crippen LogP contribution in [0.2, 0.25) is 0 Å². The number of rotatable bonds is 10. The van der Waals surface area contributed by atoms with Crippen molar-refractivity contribution in [2.45, 2.75) is 46.3 Å². The molecule has 1 aliphatic carbocycles. The van der Waals surface area contributed by atoms with Gasteiger partial charge in [-0.2, -0.15) is 0 Å². The maximum absolute atomic E-state index is 12.2. The number of amides is 1. The molecule has 1 aliphatic rings. The van der Waals surface area contributed by atoms with Gasteiger partial charge in [0.05, 0.1) is 24.9 Å². The first-order chi connectivity index (χ1) is 13.0.